The van der Waals surface area contributed by atoms with E-state index in [2.05, 4.69) is 21.3 Å². The second-order valence-corrected chi connectivity index (χ2v) is 13.2. The molecule has 52 heavy (non-hydrogen) atoms. The Hall–Kier alpha value is -5.20. The van der Waals surface area contributed by atoms with Crippen LogP contribution in [0.3, 0.4) is 0 Å². The molecule has 0 saturated heterocycles. The third-order valence-electron chi connectivity index (χ3n) is 9.02. The van der Waals surface area contributed by atoms with Crippen molar-refractivity contribution in [3.8, 4) is 11.5 Å². The first-order valence-electron chi connectivity index (χ1n) is 17.4. The maximum Gasteiger partial charge on any atom is 0.338 e. The molecule has 0 aromatic heterocycles. The number of benzene rings is 4. The van der Waals surface area contributed by atoms with Crippen molar-refractivity contribution >= 4 is 68.1 Å². The molecule has 4 aromatic rings. The first-order chi connectivity index (χ1) is 25.2. The minimum Gasteiger partial charge on any atom is -0.493 e. The second-order valence-electron chi connectivity index (χ2n) is 12.4. The number of hydrogen-bond donors (Lipinski definition) is 4. The van der Waals surface area contributed by atoms with E-state index in [1.807, 2.05) is 86.6 Å². The molecule has 2 aliphatic heterocycles. The fourth-order valence-electron chi connectivity index (χ4n) is 6.75. The van der Waals surface area contributed by atoms with Gasteiger partial charge in [0, 0.05) is 22.5 Å². The molecule has 4 aromatic carbocycles. The Morgan fingerprint density at radius 1 is 0.615 bits per heavy atom. The van der Waals surface area contributed by atoms with Crippen molar-refractivity contribution in [3.63, 3.8) is 0 Å². The summed E-state index contributed by atoms with van der Waals surface area (Å²) in [6.45, 7) is 8.53. The Labute approximate surface area is 313 Å². The Bertz CT molecular complexity index is 1960. The van der Waals surface area contributed by atoms with Crippen molar-refractivity contribution in [1.29, 1.82) is 0 Å². The molecule has 2 atom stereocenters. The van der Waals surface area contributed by atoms with Crippen molar-refractivity contribution in [1.82, 2.24) is 21.3 Å². The van der Waals surface area contributed by atoms with Gasteiger partial charge in [0.05, 0.1) is 49.7 Å². The lowest BCUT2D eigenvalue weighted by Gasteiger charge is -2.31. The molecule has 2 aliphatic rings. The van der Waals surface area contributed by atoms with Crippen LogP contribution in [-0.4, -0.2) is 48.6 Å². The van der Waals surface area contributed by atoms with Gasteiger partial charge in [0.15, 0.2) is 10.2 Å². The van der Waals surface area contributed by atoms with E-state index in [-0.39, 0.29) is 13.2 Å². The summed E-state index contributed by atoms with van der Waals surface area (Å²) >= 11 is 11.0. The number of unbranched alkanes of at least 4 members (excludes halogenated alkanes) is 1. The lowest BCUT2D eigenvalue weighted by molar-refractivity contribution is -0.140. The summed E-state index contributed by atoms with van der Waals surface area (Å²) in [4.78, 5) is 26.4. The fraction of sp³-hybridized carbons (Fsp3) is 0.300. The average molecular weight is 739 g/mol. The van der Waals surface area contributed by atoms with E-state index in [0.29, 0.717) is 70.3 Å². The smallest absolute Gasteiger partial charge is 0.338 e. The van der Waals surface area contributed by atoms with Crippen molar-refractivity contribution < 1.29 is 28.5 Å². The summed E-state index contributed by atoms with van der Waals surface area (Å²) in [5.41, 5.74) is 3.81. The van der Waals surface area contributed by atoms with E-state index in [0.717, 1.165) is 32.7 Å². The van der Waals surface area contributed by atoms with E-state index in [4.69, 9.17) is 43.4 Å². The molecule has 270 valence electrons. The van der Waals surface area contributed by atoms with E-state index < -0.39 is 24.0 Å². The van der Waals surface area contributed by atoms with Crippen LogP contribution in [0, 0.1) is 0 Å². The van der Waals surface area contributed by atoms with Crippen LogP contribution in [0.2, 0.25) is 0 Å². The molecule has 10 nitrogen and oxygen atoms in total. The average Bonchev–Trinajstić information content (AvgIpc) is 3.12. The standard InChI is InChI=1S/C40H42N4O6S2/c1-5-47-37(45)31-23(3)41-39(51)43-35(31)33-27-15-9-7-13-25(27)17-19-29(33)49-21-11-12-22-50-30-20-18-26-14-8-10-16-28(26)34(30)36-32(38(46)48-6-2)24(4)42-40(52)44-36/h7-10,13-20,35-36H,5-6,11-12,21-22H2,1-4H3,(H2,41,43,51)(H2,42,44,52). The zero-order valence-corrected chi connectivity index (χ0v) is 31.2. The van der Waals surface area contributed by atoms with Crippen molar-refractivity contribution in [3.05, 3.63) is 106 Å². The Balaban J connectivity index is 1.21. The monoisotopic (exact) mass is 738 g/mol. The topological polar surface area (TPSA) is 119 Å². The fourth-order valence-corrected chi connectivity index (χ4v) is 7.29. The lowest BCUT2D eigenvalue weighted by Crippen LogP contribution is -2.45. The molecule has 0 radical (unpaired) electrons. The molecular weight excluding hydrogens is 697 g/mol. The van der Waals surface area contributed by atoms with Crippen molar-refractivity contribution in [2.24, 2.45) is 0 Å². The first-order valence-corrected chi connectivity index (χ1v) is 18.2. The van der Waals surface area contributed by atoms with Gasteiger partial charge >= 0.3 is 11.9 Å². The Kier molecular flexibility index (Phi) is 11.6. The number of carbonyl (C=O) groups excluding carboxylic acids is 2. The number of allylic oxidation sites excluding steroid dienone is 2. The molecule has 2 heterocycles. The Morgan fingerprint density at radius 2 is 1.02 bits per heavy atom. The van der Waals surface area contributed by atoms with Crippen LogP contribution in [0.15, 0.2) is 95.3 Å². The number of thiocarbonyl (C=S) groups is 2. The molecule has 0 bridgehead atoms. The second kappa shape index (κ2) is 16.4. The number of hydrogen-bond acceptors (Lipinski definition) is 8. The lowest BCUT2D eigenvalue weighted by atomic mass is 9.90. The summed E-state index contributed by atoms with van der Waals surface area (Å²) in [6.07, 6.45) is 1.38. The van der Waals surface area contributed by atoms with Crippen LogP contribution < -0.4 is 30.7 Å². The van der Waals surface area contributed by atoms with Crippen LogP contribution in [0.25, 0.3) is 21.5 Å². The molecule has 0 saturated carbocycles. The molecule has 2 unspecified atom stereocenters. The van der Waals surface area contributed by atoms with Crippen LogP contribution in [0.1, 0.15) is 63.7 Å². The van der Waals surface area contributed by atoms with Gasteiger partial charge in [-0.2, -0.15) is 0 Å². The van der Waals surface area contributed by atoms with Gasteiger partial charge in [-0.05, 0) is 98.6 Å². The SMILES string of the molecule is CCOC(=O)C1=C(C)NC(=S)NC1c1c(OCCCCOc2ccc3ccccc3c2C2NC(=S)NC(C)=C2C(=O)OCC)ccc2ccccc12. The summed E-state index contributed by atoms with van der Waals surface area (Å²) < 4.78 is 23.8. The molecule has 12 heteroatoms. The molecule has 0 fully saturated rings. The van der Waals surface area contributed by atoms with Gasteiger partial charge in [0.25, 0.3) is 0 Å². The van der Waals surface area contributed by atoms with Crippen LogP contribution in [0.4, 0.5) is 0 Å². The van der Waals surface area contributed by atoms with Crippen LogP contribution in [-0.2, 0) is 19.1 Å². The first kappa shape index (κ1) is 36.6. The summed E-state index contributed by atoms with van der Waals surface area (Å²) in [5, 5.41) is 17.5. The molecule has 0 aliphatic carbocycles. The maximum absolute atomic E-state index is 13.2. The predicted molar refractivity (Wildman–Crippen MR) is 210 cm³/mol. The summed E-state index contributed by atoms with van der Waals surface area (Å²) in [7, 11) is 0. The number of nitrogens with one attached hydrogen (secondary N) is 4. The Morgan fingerprint density at radius 3 is 1.42 bits per heavy atom. The van der Waals surface area contributed by atoms with Gasteiger partial charge in [-0.15, -0.1) is 0 Å². The third kappa shape index (κ3) is 7.68. The van der Waals surface area contributed by atoms with Crippen molar-refractivity contribution in [2.45, 2.75) is 52.6 Å². The zero-order valence-electron chi connectivity index (χ0n) is 29.6. The maximum atomic E-state index is 13.2. The summed E-state index contributed by atoms with van der Waals surface area (Å²) in [6, 6.07) is 22.7. The molecule has 0 amide bonds. The van der Waals surface area contributed by atoms with Crippen LogP contribution in [0.5, 0.6) is 11.5 Å². The highest BCUT2D eigenvalue weighted by atomic mass is 32.1. The van der Waals surface area contributed by atoms with E-state index in [1.165, 1.54) is 0 Å². The van der Waals surface area contributed by atoms with Crippen molar-refractivity contribution in [2.75, 3.05) is 26.4 Å². The minimum absolute atomic E-state index is 0.249. The third-order valence-corrected chi connectivity index (χ3v) is 9.46. The molecule has 4 N–H and O–H groups in total. The highest BCUT2D eigenvalue weighted by Gasteiger charge is 2.35. The number of fused-ring (bicyclic) bond motifs is 2. The number of esters is 2. The highest BCUT2D eigenvalue weighted by Crippen LogP contribution is 2.40. The predicted octanol–water partition coefficient (Wildman–Crippen LogP) is 6.94. The largest absolute Gasteiger partial charge is 0.493 e. The summed E-state index contributed by atoms with van der Waals surface area (Å²) in [5.74, 6) is 0.459. The number of ether oxygens (including phenoxy) is 4. The molecule has 6 rings (SSSR count). The number of rotatable bonds is 13. The van der Waals surface area contributed by atoms with Gasteiger partial charge in [-0.25, -0.2) is 9.59 Å². The number of carbonyl (C=O) groups is 2. The van der Waals surface area contributed by atoms with Crippen LogP contribution >= 0.6 is 24.4 Å². The van der Waals surface area contributed by atoms with E-state index >= 15 is 0 Å². The molecule has 0 spiro atoms. The van der Waals surface area contributed by atoms with Gasteiger partial charge in [0.2, 0.25) is 0 Å². The van der Waals surface area contributed by atoms with E-state index in [1.54, 1.807) is 13.8 Å². The van der Waals surface area contributed by atoms with Gasteiger partial charge in [-0.3, -0.25) is 0 Å². The normalized spacial score (nSPS) is 17.2. The highest BCUT2D eigenvalue weighted by molar-refractivity contribution is 7.80. The quantitative estimate of drug-likeness (QED) is 0.0647. The minimum atomic E-state index is -0.572. The van der Waals surface area contributed by atoms with Gasteiger partial charge < -0.3 is 40.2 Å². The van der Waals surface area contributed by atoms with E-state index in [9.17, 15) is 9.59 Å². The zero-order chi connectivity index (χ0) is 36.8. The molecular formula is C40H42N4O6S2. The van der Waals surface area contributed by atoms with Gasteiger partial charge in [0.1, 0.15) is 11.5 Å². The van der Waals surface area contributed by atoms with Gasteiger partial charge in [-0.1, -0.05) is 60.7 Å².